The predicted molar refractivity (Wildman–Crippen MR) is 300 cm³/mol. The monoisotopic (exact) mass is 1150 g/mol. The third-order valence-electron chi connectivity index (χ3n) is 16.9. The fraction of sp³-hybridized carbons (Fsp3) is 0.727. The first-order valence-electron chi connectivity index (χ1n) is 28.3. The minimum atomic E-state index is -1.09. The standard InChI is InChI=1S/5C11H18N2O3.Na.H/c5*1-4-6-7(3)11(5-2)8(14)12-10(16)13-9(11)15;;/h5*7H,4-6H2,1-3H3,(H2,12,13,14,15,16);;. The number of amides is 20. The second kappa shape index (κ2) is 33.2. The third kappa shape index (κ3) is 16.2. The van der Waals surface area contributed by atoms with E-state index in [9.17, 15) is 71.9 Å². The van der Waals surface area contributed by atoms with Crippen molar-refractivity contribution >= 4 is 119 Å². The van der Waals surface area contributed by atoms with Gasteiger partial charge < -0.3 is 0 Å². The summed E-state index contributed by atoms with van der Waals surface area (Å²) in [6.45, 7) is 28.4. The van der Waals surface area contributed by atoms with Crippen LogP contribution in [0.25, 0.3) is 0 Å². The number of imide groups is 10. The molecule has 452 valence electrons. The molecule has 5 fully saturated rings. The van der Waals surface area contributed by atoms with Gasteiger partial charge in [-0.1, -0.05) is 136 Å². The van der Waals surface area contributed by atoms with Crippen molar-refractivity contribution in [1.82, 2.24) is 53.2 Å². The van der Waals surface area contributed by atoms with E-state index in [2.05, 4.69) is 53.2 Å². The number of barbiturate groups is 5. The van der Waals surface area contributed by atoms with Crippen LogP contribution in [-0.2, 0) is 47.9 Å². The molecule has 0 aromatic carbocycles. The summed E-state index contributed by atoms with van der Waals surface area (Å²) in [5.41, 5.74) is -5.47. The summed E-state index contributed by atoms with van der Waals surface area (Å²) < 4.78 is 0. The average Bonchev–Trinajstić information content (AvgIpc) is 3.35. The van der Waals surface area contributed by atoms with Gasteiger partial charge in [0.15, 0.2) is 0 Å². The van der Waals surface area contributed by atoms with E-state index >= 15 is 0 Å². The molecule has 0 radical (unpaired) electrons. The van der Waals surface area contributed by atoms with Gasteiger partial charge in [0.2, 0.25) is 59.1 Å². The maximum absolute atomic E-state index is 11.9. The van der Waals surface area contributed by atoms with Crippen molar-refractivity contribution in [2.75, 3.05) is 0 Å². The topological polar surface area (TPSA) is 376 Å². The second-order valence-electron chi connectivity index (χ2n) is 21.3. The fourth-order valence-corrected chi connectivity index (χ4v) is 11.8. The van der Waals surface area contributed by atoms with E-state index in [-0.39, 0.29) is 59.1 Å². The second-order valence-corrected chi connectivity index (χ2v) is 21.3. The number of hydrogen-bond acceptors (Lipinski definition) is 15. The number of urea groups is 5. The van der Waals surface area contributed by atoms with Crippen molar-refractivity contribution in [2.24, 2.45) is 56.7 Å². The van der Waals surface area contributed by atoms with Gasteiger partial charge in [0.25, 0.3) is 0 Å². The van der Waals surface area contributed by atoms with Gasteiger partial charge >= 0.3 is 59.7 Å². The zero-order valence-electron chi connectivity index (χ0n) is 49.6. The van der Waals surface area contributed by atoms with Crippen molar-refractivity contribution in [3.05, 3.63) is 0 Å². The molecule has 26 heteroatoms. The molecule has 0 bridgehead atoms. The molecule has 5 aliphatic rings. The summed E-state index contributed by atoms with van der Waals surface area (Å²) in [5.74, 6) is -5.05. The van der Waals surface area contributed by atoms with Crippen LogP contribution in [0.1, 0.15) is 200 Å². The van der Waals surface area contributed by atoms with Crippen LogP contribution < -0.4 is 53.2 Å². The van der Waals surface area contributed by atoms with Crippen LogP contribution in [0.5, 0.6) is 0 Å². The summed E-state index contributed by atoms with van der Waals surface area (Å²) in [4.78, 5) is 174. The van der Waals surface area contributed by atoms with Crippen molar-refractivity contribution in [3.63, 3.8) is 0 Å². The molecule has 81 heavy (non-hydrogen) atoms. The molecule has 25 nitrogen and oxygen atoms in total. The van der Waals surface area contributed by atoms with Crippen molar-refractivity contribution < 1.29 is 71.9 Å². The van der Waals surface area contributed by atoms with Gasteiger partial charge in [0.1, 0.15) is 27.1 Å². The first kappa shape index (κ1) is 75.0. The zero-order chi connectivity index (χ0) is 61.7. The third-order valence-corrected chi connectivity index (χ3v) is 16.9. The Morgan fingerprint density at radius 3 is 0.407 bits per heavy atom. The van der Waals surface area contributed by atoms with Gasteiger partial charge in [-0.2, -0.15) is 0 Å². The number of nitrogens with one attached hydrogen (secondary N) is 10. The average molecular weight is 1160 g/mol. The minimum absolute atomic E-state index is 0. The molecule has 5 unspecified atom stereocenters. The Kier molecular flexibility index (Phi) is 30.8. The van der Waals surface area contributed by atoms with Crippen LogP contribution in [0.3, 0.4) is 0 Å². The molecule has 0 aliphatic carbocycles. The van der Waals surface area contributed by atoms with Crippen LogP contribution in [0.2, 0.25) is 0 Å². The molecular weight excluding hydrogens is 1060 g/mol. The Bertz CT molecular complexity index is 1910. The number of carbonyl (C=O) groups is 15. The molecule has 5 heterocycles. The van der Waals surface area contributed by atoms with Gasteiger partial charge in [-0.25, -0.2) is 24.0 Å². The molecule has 0 aromatic heterocycles. The Hall–Kier alpha value is -5.95. The van der Waals surface area contributed by atoms with Crippen LogP contribution in [0.15, 0.2) is 0 Å². The van der Waals surface area contributed by atoms with Crippen LogP contribution in [0, 0.1) is 56.7 Å². The molecule has 0 saturated carbocycles. The van der Waals surface area contributed by atoms with E-state index in [4.69, 9.17) is 0 Å². The molecule has 0 spiro atoms. The number of hydrogen-bond donors (Lipinski definition) is 10. The van der Waals surface area contributed by atoms with Gasteiger partial charge in [-0.05, 0) is 93.8 Å². The predicted octanol–water partition coefficient (Wildman–Crippen LogP) is 5.28. The molecule has 5 atom stereocenters. The molecular formula is C55H91N10NaO15. The van der Waals surface area contributed by atoms with E-state index in [1.54, 1.807) is 34.6 Å². The van der Waals surface area contributed by atoms with Crippen molar-refractivity contribution in [3.8, 4) is 0 Å². The SMILES string of the molecule is CCCC(C)C1(CC)C(=O)NC(=O)NC1=O.CCCC(C)C1(CC)C(=O)NC(=O)NC1=O.CCCC(C)C1(CC)C(=O)NC(=O)NC1=O.CCCC(C)C1(CC)C(=O)NC(=O)NC1=O.CCCC(C)C1(CC)C(=O)NC(=O)NC1=O.[NaH]. The maximum atomic E-state index is 11.9. The van der Waals surface area contributed by atoms with E-state index in [0.717, 1.165) is 64.2 Å². The molecule has 5 aliphatic heterocycles. The van der Waals surface area contributed by atoms with Gasteiger partial charge in [-0.15, -0.1) is 0 Å². The Balaban J connectivity index is 0.000000985. The van der Waals surface area contributed by atoms with Crippen LogP contribution in [-0.4, -0.2) is 119 Å². The molecule has 20 amide bonds. The summed E-state index contributed by atoms with van der Waals surface area (Å²) >= 11 is 0. The number of rotatable bonds is 20. The Morgan fingerprint density at radius 2 is 0.333 bits per heavy atom. The quantitative estimate of drug-likeness (QED) is 0.0548. The normalized spacial score (nSPS) is 21.0. The van der Waals surface area contributed by atoms with Gasteiger partial charge in [0.05, 0.1) is 0 Å². The fourth-order valence-electron chi connectivity index (χ4n) is 11.8. The number of carbonyl (C=O) groups excluding carboxylic acids is 15. The molecule has 5 rings (SSSR count). The van der Waals surface area contributed by atoms with E-state index in [0.29, 0.717) is 32.1 Å². The van der Waals surface area contributed by atoms with Crippen molar-refractivity contribution in [2.45, 2.75) is 200 Å². The van der Waals surface area contributed by atoms with Crippen LogP contribution in [0.4, 0.5) is 24.0 Å². The van der Waals surface area contributed by atoms with E-state index in [1.807, 2.05) is 69.2 Å². The summed E-state index contributed by atoms with van der Waals surface area (Å²) in [7, 11) is 0. The first-order chi connectivity index (χ1) is 37.4. The van der Waals surface area contributed by atoms with Gasteiger partial charge in [0, 0.05) is 0 Å². The first-order valence-corrected chi connectivity index (χ1v) is 28.3. The summed E-state index contributed by atoms with van der Waals surface area (Å²) in [6, 6.07) is -3.60. The molecule has 0 aromatic rings. The van der Waals surface area contributed by atoms with Gasteiger partial charge in [-0.3, -0.25) is 101 Å². The summed E-state index contributed by atoms with van der Waals surface area (Å²) in [6.07, 6.45) is 10.4. The van der Waals surface area contributed by atoms with E-state index in [1.165, 1.54) is 0 Å². The van der Waals surface area contributed by atoms with Crippen LogP contribution >= 0.6 is 0 Å². The summed E-state index contributed by atoms with van der Waals surface area (Å²) in [5, 5.41) is 21.8. The zero-order valence-corrected chi connectivity index (χ0v) is 49.6. The Morgan fingerprint density at radius 1 is 0.235 bits per heavy atom. The van der Waals surface area contributed by atoms with E-state index < -0.39 is 116 Å². The molecule has 10 N–H and O–H groups in total. The Labute approximate surface area is 498 Å². The van der Waals surface area contributed by atoms with Crippen molar-refractivity contribution in [1.29, 1.82) is 0 Å². The molecule has 5 saturated heterocycles.